The second-order valence-corrected chi connectivity index (χ2v) is 7.17. The number of carboxylic acid groups (broad SMARTS) is 2. The second-order valence-electron chi connectivity index (χ2n) is 7.17. The standard InChI is InChI=1S/C18H32N8O8/c19-8-13(28)24-10(3-5-12(20)27)16(32)25-9(2-1-7-23-18(21)22)15(31)26-11(17(33)34)4-6-14(29)30/h9-11H,1-8,19H2,(H2,20,27)(H,24,28)(H,25,32)(H,26,31)(H,29,30)(H,33,34)(H4,21,22,23). The molecule has 34 heavy (non-hydrogen) atoms. The number of carboxylic acids is 2. The summed E-state index contributed by atoms with van der Waals surface area (Å²) in [6.07, 6.45) is -1.17. The van der Waals surface area contributed by atoms with E-state index in [1.54, 1.807) is 0 Å². The Morgan fingerprint density at radius 2 is 1.29 bits per heavy atom. The van der Waals surface area contributed by atoms with Crippen LogP contribution >= 0.6 is 0 Å². The molecule has 0 bridgehead atoms. The van der Waals surface area contributed by atoms with Gasteiger partial charge in [0.15, 0.2) is 5.96 Å². The number of guanidine groups is 1. The third-order valence-corrected chi connectivity index (χ3v) is 4.36. The second kappa shape index (κ2) is 15.8. The van der Waals surface area contributed by atoms with E-state index >= 15 is 0 Å². The topological polar surface area (TPSA) is 295 Å². The van der Waals surface area contributed by atoms with Crippen LogP contribution in [0, 0.1) is 0 Å². The maximum Gasteiger partial charge on any atom is 0.326 e. The summed E-state index contributed by atoms with van der Waals surface area (Å²) in [6, 6.07) is -4.07. The fourth-order valence-electron chi connectivity index (χ4n) is 2.65. The molecule has 0 radical (unpaired) electrons. The number of nitrogens with zero attached hydrogens (tertiary/aromatic N) is 1. The first-order valence-corrected chi connectivity index (χ1v) is 10.3. The molecule has 4 amide bonds. The van der Waals surface area contributed by atoms with Gasteiger partial charge in [0, 0.05) is 19.4 Å². The largest absolute Gasteiger partial charge is 0.481 e. The first-order chi connectivity index (χ1) is 15.9. The lowest BCUT2D eigenvalue weighted by Gasteiger charge is -2.24. The highest BCUT2D eigenvalue weighted by molar-refractivity contribution is 5.94. The van der Waals surface area contributed by atoms with Gasteiger partial charge in [-0.2, -0.15) is 0 Å². The van der Waals surface area contributed by atoms with Gasteiger partial charge in [0.1, 0.15) is 18.1 Å². The molecule has 0 fully saturated rings. The van der Waals surface area contributed by atoms with Crippen molar-refractivity contribution in [3.8, 4) is 0 Å². The number of carbonyl (C=O) groups is 6. The molecule has 0 saturated heterocycles. The van der Waals surface area contributed by atoms with Crippen LogP contribution in [0.1, 0.15) is 38.5 Å². The van der Waals surface area contributed by atoms with Crippen molar-refractivity contribution in [1.29, 1.82) is 0 Å². The zero-order chi connectivity index (χ0) is 26.3. The van der Waals surface area contributed by atoms with E-state index in [4.69, 9.17) is 28.0 Å². The minimum Gasteiger partial charge on any atom is -0.481 e. The summed E-state index contributed by atoms with van der Waals surface area (Å²) in [4.78, 5) is 74.1. The van der Waals surface area contributed by atoms with Crippen LogP contribution in [0.2, 0.25) is 0 Å². The van der Waals surface area contributed by atoms with Crippen LogP contribution in [-0.2, 0) is 28.8 Å². The molecule has 0 aliphatic carbocycles. The van der Waals surface area contributed by atoms with Crippen molar-refractivity contribution in [3.63, 3.8) is 0 Å². The van der Waals surface area contributed by atoms with Crippen molar-refractivity contribution in [2.75, 3.05) is 13.1 Å². The van der Waals surface area contributed by atoms with E-state index in [-0.39, 0.29) is 38.2 Å². The maximum atomic E-state index is 12.7. The van der Waals surface area contributed by atoms with Gasteiger partial charge in [-0.3, -0.25) is 29.0 Å². The van der Waals surface area contributed by atoms with Crippen molar-refractivity contribution in [2.45, 2.75) is 56.7 Å². The minimum atomic E-state index is -1.52. The van der Waals surface area contributed by atoms with Gasteiger partial charge in [0.05, 0.1) is 6.54 Å². The molecule has 192 valence electrons. The van der Waals surface area contributed by atoms with Crippen molar-refractivity contribution >= 4 is 41.5 Å². The molecule has 0 aromatic rings. The normalized spacial score (nSPS) is 13.0. The van der Waals surface area contributed by atoms with Crippen molar-refractivity contribution < 1.29 is 39.0 Å². The van der Waals surface area contributed by atoms with E-state index in [0.29, 0.717) is 0 Å². The van der Waals surface area contributed by atoms with Gasteiger partial charge in [-0.1, -0.05) is 0 Å². The lowest BCUT2D eigenvalue weighted by Crippen LogP contribution is -2.56. The Morgan fingerprint density at radius 1 is 0.765 bits per heavy atom. The fourth-order valence-corrected chi connectivity index (χ4v) is 2.65. The molecule has 0 heterocycles. The van der Waals surface area contributed by atoms with Crippen molar-refractivity contribution in [1.82, 2.24) is 16.0 Å². The molecular formula is C18H32N8O8. The van der Waals surface area contributed by atoms with Crippen LogP contribution in [0.25, 0.3) is 0 Å². The minimum absolute atomic E-state index is 0.0347. The monoisotopic (exact) mass is 488 g/mol. The Hall–Kier alpha value is -3.95. The Balaban J connectivity index is 5.53. The van der Waals surface area contributed by atoms with Crippen LogP contribution in [0.4, 0.5) is 0 Å². The number of hydrogen-bond donors (Lipinski definition) is 9. The van der Waals surface area contributed by atoms with Gasteiger partial charge in [0.25, 0.3) is 0 Å². The number of amides is 4. The highest BCUT2D eigenvalue weighted by Crippen LogP contribution is 2.05. The van der Waals surface area contributed by atoms with Gasteiger partial charge < -0.3 is 49.1 Å². The Bertz CT molecular complexity index is 784. The summed E-state index contributed by atoms with van der Waals surface area (Å²) in [5.74, 6) is -6.09. The third-order valence-electron chi connectivity index (χ3n) is 4.36. The van der Waals surface area contributed by atoms with Gasteiger partial charge >= 0.3 is 11.9 Å². The smallest absolute Gasteiger partial charge is 0.326 e. The molecular weight excluding hydrogens is 456 g/mol. The predicted octanol–water partition coefficient (Wildman–Crippen LogP) is -4.33. The Kier molecular flexibility index (Phi) is 14.0. The number of hydrogen-bond acceptors (Lipinski definition) is 8. The predicted molar refractivity (Wildman–Crippen MR) is 118 cm³/mol. The number of aliphatic imine (C=N–C) groups is 1. The quantitative estimate of drug-likeness (QED) is 0.0535. The molecule has 0 aromatic heterocycles. The third kappa shape index (κ3) is 13.5. The fraction of sp³-hybridized carbons (Fsp3) is 0.611. The molecule has 0 aliphatic heterocycles. The lowest BCUT2D eigenvalue weighted by atomic mass is 10.1. The van der Waals surface area contributed by atoms with Crippen molar-refractivity contribution in [2.24, 2.45) is 27.9 Å². The molecule has 16 nitrogen and oxygen atoms in total. The van der Waals surface area contributed by atoms with E-state index in [0.717, 1.165) is 0 Å². The van der Waals surface area contributed by atoms with Gasteiger partial charge in [0.2, 0.25) is 23.6 Å². The van der Waals surface area contributed by atoms with E-state index < -0.39 is 73.1 Å². The maximum absolute atomic E-state index is 12.7. The molecule has 0 spiro atoms. The summed E-state index contributed by atoms with van der Waals surface area (Å²) in [7, 11) is 0. The number of aliphatic carboxylic acids is 2. The first kappa shape index (κ1) is 30.1. The molecule has 0 aliphatic rings. The van der Waals surface area contributed by atoms with Crippen molar-refractivity contribution in [3.05, 3.63) is 0 Å². The van der Waals surface area contributed by atoms with Crippen LogP contribution < -0.4 is 38.9 Å². The van der Waals surface area contributed by atoms with E-state index in [1.807, 2.05) is 0 Å². The molecule has 3 atom stereocenters. The number of nitrogens with one attached hydrogen (secondary N) is 3. The Morgan fingerprint density at radius 3 is 1.76 bits per heavy atom. The molecule has 13 N–H and O–H groups in total. The Labute approximate surface area is 194 Å². The van der Waals surface area contributed by atoms with Gasteiger partial charge in [-0.05, 0) is 25.7 Å². The summed E-state index contributed by atoms with van der Waals surface area (Å²) in [5.41, 5.74) is 20.8. The lowest BCUT2D eigenvalue weighted by molar-refractivity contribution is -0.143. The zero-order valence-electron chi connectivity index (χ0n) is 18.5. The van der Waals surface area contributed by atoms with Gasteiger partial charge in [-0.25, -0.2) is 4.79 Å². The first-order valence-electron chi connectivity index (χ1n) is 10.3. The molecule has 3 unspecified atom stereocenters. The number of rotatable bonds is 17. The highest BCUT2D eigenvalue weighted by atomic mass is 16.4. The van der Waals surface area contributed by atoms with E-state index in [9.17, 15) is 33.9 Å². The summed E-state index contributed by atoms with van der Waals surface area (Å²) in [6.45, 7) is -0.342. The number of nitrogens with two attached hydrogens (primary N) is 4. The van der Waals surface area contributed by atoms with Crippen LogP contribution in [0.5, 0.6) is 0 Å². The molecule has 0 aromatic carbocycles. The molecule has 16 heteroatoms. The van der Waals surface area contributed by atoms with Crippen LogP contribution in [-0.4, -0.2) is 83.0 Å². The van der Waals surface area contributed by atoms with Gasteiger partial charge in [-0.15, -0.1) is 0 Å². The van der Waals surface area contributed by atoms with Crippen LogP contribution in [0.15, 0.2) is 4.99 Å². The summed E-state index contributed by atoms with van der Waals surface area (Å²) in [5, 5.41) is 24.9. The highest BCUT2D eigenvalue weighted by Gasteiger charge is 2.29. The number of primary amides is 1. The SMILES string of the molecule is NCC(=O)NC(CCC(N)=O)C(=O)NC(CCCN=C(N)N)C(=O)NC(CCC(=O)O)C(=O)O. The number of carbonyl (C=O) groups excluding carboxylic acids is 4. The summed E-state index contributed by atoms with van der Waals surface area (Å²) < 4.78 is 0. The molecule has 0 saturated carbocycles. The average molecular weight is 489 g/mol. The molecule has 0 rings (SSSR count). The van der Waals surface area contributed by atoms with Crippen LogP contribution in [0.3, 0.4) is 0 Å². The summed E-state index contributed by atoms with van der Waals surface area (Å²) >= 11 is 0. The average Bonchev–Trinajstić information content (AvgIpc) is 2.74. The van der Waals surface area contributed by atoms with E-state index in [1.165, 1.54) is 0 Å². The van der Waals surface area contributed by atoms with E-state index in [2.05, 4.69) is 20.9 Å². The zero-order valence-corrected chi connectivity index (χ0v) is 18.5.